The zero-order valence-electron chi connectivity index (χ0n) is 13.2. The van der Waals surface area contributed by atoms with Crippen LogP contribution in [0, 0.1) is 34.8 Å². The van der Waals surface area contributed by atoms with Crippen molar-refractivity contribution in [1.29, 1.82) is 5.26 Å². The smallest absolute Gasteiger partial charge is 0.397 e. The minimum Gasteiger partial charge on any atom is -0.432 e. The molecule has 1 aliphatic rings. The predicted molar refractivity (Wildman–Crippen MR) is 81.5 cm³/mol. The van der Waals surface area contributed by atoms with Gasteiger partial charge in [-0.2, -0.15) is 14.0 Å². The van der Waals surface area contributed by atoms with Crippen molar-refractivity contribution in [3.63, 3.8) is 0 Å². The molecule has 0 aromatic heterocycles. The quantitative estimate of drug-likeness (QED) is 0.500. The lowest BCUT2D eigenvalue weighted by atomic mass is 9.80. The molecule has 0 bridgehead atoms. The van der Waals surface area contributed by atoms with Crippen LogP contribution in [0.5, 0.6) is 5.75 Å². The van der Waals surface area contributed by atoms with Gasteiger partial charge in [0.1, 0.15) is 29.0 Å². The van der Waals surface area contributed by atoms with Gasteiger partial charge in [0.25, 0.3) is 0 Å². The Balaban J connectivity index is 1.92. The van der Waals surface area contributed by atoms with Crippen molar-refractivity contribution in [1.82, 2.24) is 0 Å². The maximum Gasteiger partial charge on any atom is 0.397 e. The third-order valence-electron chi connectivity index (χ3n) is 4.46. The number of nitriles is 1. The summed E-state index contributed by atoms with van der Waals surface area (Å²) in [5.41, 5.74) is -0.815. The van der Waals surface area contributed by atoms with Crippen LogP contribution < -0.4 is 4.74 Å². The molecule has 1 saturated carbocycles. The van der Waals surface area contributed by atoms with E-state index in [2.05, 4.69) is 11.3 Å². The largest absolute Gasteiger partial charge is 0.432 e. The fourth-order valence-electron chi connectivity index (χ4n) is 3.02. The number of ether oxygens (including phenoxy) is 1. The van der Waals surface area contributed by atoms with Crippen LogP contribution in [0.1, 0.15) is 44.1 Å². The number of hydrogen-bond acceptors (Lipinski definition) is 2. The Hall–Kier alpha value is -2.03. The Labute approximate surface area is 138 Å². The molecule has 0 heterocycles. The Kier molecular flexibility index (Phi) is 5.87. The van der Waals surface area contributed by atoms with Crippen LogP contribution in [-0.4, -0.2) is 6.11 Å². The Morgan fingerprint density at radius 3 is 2.29 bits per heavy atom. The van der Waals surface area contributed by atoms with Crippen LogP contribution in [0.15, 0.2) is 24.8 Å². The zero-order valence-corrected chi connectivity index (χ0v) is 13.2. The van der Waals surface area contributed by atoms with Crippen LogP contribution in [0.2, 0.25) is 0 Å². The van der Waals surface area contributed by atoms with Gasteiger partial charge in [-0.3, -0.25) is 0 Å². The average Bonchev–Trinajstić information content (AvgIpc) is 2.53. The number of allylic oxidation sites excluding steroid dienone is 1. The molecule has 2 rings (SSSR count). The molecular weight excluding hydrogens is 322 g/mol. The lowest BCUT2D eigenvalue weighted by Crippen LogP contribution is -2.26. The van der Waals surface area contributed by atoms with Gasteiger partial charge in [0.2, 0.25) is 0 Å². The SMILES string of the molecule is C=CC1CCC(CCC(F)(F)Oc2cc(F)c(C#N)c(F)c2)CC1. The fourth-order valence-corrected chi connectivity index (χ4v) is 3.02. The summed E-state index contributed by atoms with van der Waals surface area (Å²) < 4.78 is 59.1. The van der Waals surface area contributed by atoms with Crippen molar-refractivity contribution in [3.05, 3.63) is 42.0 Å². The molecule has 1 aromatic rings. The summed E-state index contributed by atoms with van der Waals surface area (Å²) in [6.07, 6.45) is 1.81. The molecule has 1 aliphatic carbocycles. The normalized spacial score (nSPS) is 21.1. The first-order chi connectivity index (χ1) is 11.3. The summed E-state index contributed by atoms with van der Waals surface area (Å²) in [5.74, 6) is -2.39. The molecular formula is C18H19F4NO. The van der Waals surface area contributed by atoms with Crippen molar-refractivity contribution in [2.45, 2.75) is 44.6 Å². The third-order valence-corrected chi connectivity index (χ3v) is 4.46. The van der Waals surface area contributed by atoms with E-state index < -0.39 is 35.5 Å². The second-order valence-electron chi connectivity index (χ2n) is 6.17. The number of hydrogen-bond donors (Lipinski definition) is 0. The van der Waals surface area contributed by atoms with Crippen molar-refractivity contribution in [2.75, 3.05) is 0 Å². The van der Waals surface area contributed by atoms with Crippen molar-refractivity contribution >= 4 is 0 Å². The Bertz CT molecular complexity index is 607. The van der Waals surface area contributed by atoms with Crippen molar-refractivity contribution in [2.24, 2.45) is 11.8 Å². The Morgan fingerprint density at radius 2 is 1.79 bits per heavy atom. The first-order valence-corrected chi connectivity index (χ1v) is 7.93. The molecule has 1 fully saturated rings. The second-order valence-corrected chi connectivity index (χ2v) is 6.17. The topological polar surface area (TPSA) is 33.0 Å². The van der Waals surface area contributed by atoms with Crippen molar-refractivity contribution in [3.8, 4) is 11.8 Å². The van der Waals surface area contributed by atoms with E-state index in [1.165, 1.54) is 6.07 Å². The highest BCUT2D eigenvalue weighted by atomic mass is 19.3. The van der Waals surface area contributed by atoms with Crippen molar-refractivity contribution < 1.29 is 22.3 Å². The van der Waals surface area contributed by atoms with E-state index in [1.807, 2.05) is 6.08 Å². The first kappa shape index (κ1) is 18.3. The molecule has 0 N–H and O–H groups in total. The van der Waals surface area contributed by atoms with Crippen LogP contribution in [0.25, 0.3) is 0 Å². The van der Waals surface area contributed by atoms with Gasteiger partial charge >= 0.3 is 6.11 Å². The first-order valence-electron chi connectivity index (χ1n) is 7.93. The van der Waals surface area contributed by atoms with Gasteiger partial charge in [0, 0.05) is 12.1 Å². The predicted octanol–water partition coefficient (Wildman–Crippen LogP) is 5.58. The average molecular weight is 341 g/mol. The van der Waals surface area contributed by atoms with Gasteiger partial charge in [-0.05, 0) is 43.9 Å². The van der Waals surface area contributed by atoms with E-state index in [1.54, 1.807) is 0 Å². The van der Waals surface area contributed by atoms with Crippen LogP contribution in [-0.2, 0) is 0 Å². The number of alkyl halides is 2. The van der Waals surface area contributed by atoms with Crippen LogP contribution in [0.4, 0.5) is 17.6 Å². The Morgan fingerprint density at radius 1 is 1.21 bits per heavy atom. The van der Waals surface area contributed by atoms with Gasteiger partial charge in [-0.1, -0.05) is 6.08 Å². The summed E-state index contributed by atoms with van der Waals surface area (Å²) in [5, 5.41) is 8.56. The van der Waals surface area contributed by atoms with E-state index in [9.17, 15) is 17.6 Å². The van der Waals surface area contributed by atoms with Crippen LogP contribution >= 0.6 is 0 Å². The highest BCUT2D eigenvalue weighted by Gasteiger charge is 2.33. The minimum atomic E-state index is -3.51. The molecule has 0 unspecified atom stereocenters. The molecule has 0 spiro atoms. The molecule has 0 aliphatic heterocycles. The molecule has 130 valence electrons. The standard InChI is InChI=1S/C18H19F4NO/c1-2-12-3-5-13(6-4-12)7-8-18(21,22)24-14-9-16(19)15(11-23)17(20)10-14/h2,9-10,12-13H,1,3-8H2. The summed E-state index contributed by atoms with van der Waals surface area (Å²) >= 11 is 0. The van der Waals surface area contributed by atoms with Gasteiger partial charge in [0.15, 0.2) is 0 Å². The van der Waals surface area contributed by atoms with E-state index in [0.717, 1.165) is 25.7 Å². The number of nitrogens with zero attached hydrogens (tertiary/aromatic N) is 1. The molecule has 0 saturated heterocycles. The maximum atomic E-state index is 13.9. The fraction of sp³-hybridized carbons (Fsp3) is 0.500. The highest BCUT2D eigenvalue weighted by molar-refractivity contribution is 5.37. The number of benzene rings is 1. The zero-order chi connectivity index (χ0) is 17.7. The van der Waals surface area contributed by atoms with E-state index in [-0.39, 0.29) is 12.3 Å². The summed E-state index contributed by atoms with van der Waals surface area (Å²) in [7, 11) is 0. The number of rotatable bonds is 6. The second kappa shape index (κ2) is 7.69. The third kappa shape index (κ3) is 4.73. The van der Waals surface area contributed by atoms with E-state index in [0.29, 0.717) is 18.1 Å². The maximum absolute atomic E-state index is 13.9. The monoisotopic (exact) mass is 341 g/mol. The molecule has 2 nitrogen and oxygen atoms in total. The van der Waals surface area contributed by atoms with Crippen LogP contribution in [0.3, 0.4) is 0 Å². The summed E-state index contributed by atoms with van der Waals surface area (Å²) in [4.78, 5) is 0. The molecule has 0 radical (unpaired) electrons. The molecule has 0 atom stereocenters. The molecule has 1 aromatic carbocycles. The lowest BCUT2D eigenvalue weighted by Gasteiger charge is -2.28. The van der Waals surface area contributed by atoms with Gasteiger partial charge in [0.05, 0.1) is 6.42 Å². The van der Waals surface area contributed by atoms with Gasteiger partial charge in [-0.25, -0.2) is 8.78 Å². The lowest BCUT2D eigenvalue weighted by molar-refractivity contribution is -0.183. The van der Waals surface area contributed by atoms with E-state index >= 15 is 0 Å². The molecule has 24 heavy (non-hydrogen) atoms. The highest BCUT2D eigenvalue weighted by Crippen LogP contribution is 2.35. The van der Waals surface area contributed by atoms with E-state index in [4.69, 9.17) is 5.26 Å². The molecule has 0 amide bonds. The van der Waals surface area contributed by atoms with Gasteiger partial charge in [-0.15, -0.1) is 6.58 Å². The number of halogens is 4. The minimum absolute atomic E-state index is 0.199. The summed E-state index contributed by atoms with van der Waals surface area (Å²) in [6, 6.07) is 2.53. The molecule has 6 heteroatoms. The van der Waals surface area contributed by atoms with Gasteiger partial charge < -0.3 is 4.74 Å². The summed E-state index contributed by atoms with van der Waals surface area (Å²) in [6.45, 7) is 3.75.